The van der Waals surface area contributed by atoms with Crippen LogP contribution in [0.1, 0.15) is 117 Å². The number of hydrogen-bond donors (Lipinski definition) is 0. The highest BCUT2D eigenvalue weighted by Gasteiger charge is 2.38. The van der Waals surface area contributed by atoms with Crippen LogP contribution in [0.15, 0.2) is 34.0 Å². The van der Waals surface area contributed by atoms with Gasteiger partial charge in [0, 0.05) is 19.3 Å². The first-order valence-electron chi connectivity index (χ1n) is 11.9. The van der Waals surface area contributed by atoms with Crippen LogP contribution in [0, 0.1) is 0 Å². The minimum absolute atomic E-state index is 0.833. The zero-order chi connectivity index (χ0) is 20.7. The van der Waals surface area contributed by atoms with E-state index in [4.69, 9.17) is 13.6 Å². The smallest absolute Gasteiger partial charge is 0.391 e. The summed E-state index contributed by atoms with van der Waals surface area (Å²) < 4.78 is 32.6. The molecule has 5 heteroatoms. The summed E-state index contributed by atoms with van der Waals surface area (Å²) in [6.07, 6.45) is 15.1. The van der Waals surface area contributed by atoms with E-state index in [1.165, 1.54) is 36.0 Å². The fourth-order valence-electron chi connectivity index (χ4n) is 4.73. The fraction of sp³-hybridized carbons (Fsp3) is 0.750. The molecule has 0 aliphatic heterocycles. The van der Waals surface area contributed by atoms with Crippen LogP contribution < -0.4 is 0 Å². The lowest BCUT2D eigenvalue weighted by Crippen LogP contribution is -2.10. The van der Waals surface area contributed by atoms with Crippen molar-refractivity contribution in [3.05, 3.63) is 34.0 Å². The molecule has 0 unspecified atom stereocenters. The lowest BCUT2D eigenvalue weighted by molar-refractivity contribution is 0.171. The lowest BCUT2D eigenvalue weighted by Gasteiger charge is -2.29. The van der Waals surface area contributed by atoms with Crippen LogP contribution in [-0.2, 0) is 18.1 Å². The fourth-order valence-corrected chi connectivity index (χ4v) is 6.32. The largest absolute Gasteiger partial charge is 0.646 e. The van der Waals surface area contributed by atoms with Crippen molar-refractivity contribution >= 4 is 7.82 Å². The van der Waals surface area contributed by atoms with Crippen molar-refractivity contribution in [3.63, 3.8) is 0 Å². The highest BCUT2D eigenvalue weighted by atomic mass is 31.2. The summed E-state index contributed by atoms with van der Waals surface area (Å²) in [6, 6.07) is 0. The first kappa shape index (κ1) is 22.5. The van der Waals surface area contributed by atoms with Crippen LogP contribution in [0.3, 0.4) is 0 Å². The van der Waals surface area contributed by atoms with E-state index in [1.54, 1.807) is 0 Å². The Hall–Kier alpha value is -1.15. The molecule has 4 nitrogen and oxygen atoms in total. The van der Waals surface area contributed by atoms with Crippen LogP contribution in [0.4, 0.5) is 0 Å². The van der Waals surface area contributed by atoms with Gasteiger partial charge in [-0.1, -0.05) is 20.8 Å². The highest BCUT2D eigenvalue weighted by Crippen LogP contribution is 2.59. The Morgan fingerprint density at radius 2 is 0.828 bits per heavy atom. The number of allylic oxidation sites excluding steroid dienone is 6. The standard InChI is InChI=1S/C24H39O4P/c1-4-19-13-7-10-16-22(19)26-29(25,27-23-17-11-8-14-20(23)5-2)28-24-18-12-9-15-21(24)6-3/h4-18H2,1-3H3. The Bertz CT molecular complexity index is 621. The van der Waals surface area contributed by atoms with Crippen LogP contribution in [0.25, 0.3) is 0 Å². The van der Waals surface area contributed by atoms with Gasteiger partial charge in [0.2, 0.25) is 0 Å². The molecule has 0 heterocycles. The third-order valence-electron chi connectivity index (χ3n) is 6.53. The second kappa shape index (κ2) is 10.8. The molecule has 0 fully saturated rings. The van der Waals surface area contributed by atoms with E-state index in [0.29, 0.717) is 0 Å². The van der Waals surface area contributed by atoms with Crippen molar-refractivity contribution < 1.29 is 18.1 Å². The van der Waals surface area contributed by atoms with Crippen LogP contribution in [-0.4, -0.2) is 0 Å². The minimum Gasteiger partial charge on any atom is -0.391 e. The molecular weight excluding hydrogens is 383 g/mol. The maximum absolute atomic E-state index is 14.0. The van der Waals surface area contributed by atoms with E-state index in [1.807, 2.05) is 0 Å². The number of phosphoric acid groups is 1. The third-order valence-corrected chi connectivity index (χ3v) is 7.86. The average Bonchev–Trinajstić information content (AvgIpc) is 2.74. The third kappa shape index (κ3) is 5.94. The maximum Gasteiger partial charge on any atom is 0.646 e. The van der Waals surface area contributed by atoms with Gasteiger partial charge in [-0.25, -0.2) is 0 Å². The van der Waals surface area contributed by atoms with E-state index in [2.05, 4.69) is 20.8 Å². The predicted molar refractivity (Wildman–Crippen MR) is 118 cm³/mol. The summed E-state index contributed by atoms with van der Waals surface area (Å²) in [5.41, 5.74) is 3.81. The molecule has 164 valence electrons. The lowest BCUT2D eigenvalue weighted by atomic mass is 9.96. The second-order valence-electron chi connectivity index (χ2n) is 8.48. The molecule has 0 aromatic heterocycles. The zero-order valence-corrected chi connectivity index (χ0v) is 19.6. The van der Waals surface area contributed by atoms with Crippen molar-refractivity contribution in [1.82, 2.24) is 0 Å². The Morgan fingerprint density at radius 1 is 0.552 bits per heavy atom. The van der Waals surface area contributed by atoms with Gasteiger partial charge >= 0.3 is 7.82 Å². The Morgan fingerprint density at radius 3 is 1.10 bits per heavy atom. The Balaban J connectivity index is 1.92. The van der Waals surface area contributed by atoms with Gasteiger partial charge in [-0.15, -0.1) is 0 Å². The molecule has 0 saturated carbocycles. The van der Waals surface area contributed by atoms with E-state index in [9.17, 15) is 4.57 Å². The first-order valence-corrected chi connectivity index (χ1v) is 13.4. The molecule has 0 aromatic rings. The van der Waals surface area contributed by atoms with Crippen molar-refractivity contribution in [2.75, 3.05) is 0 Å². The number of rotatable bonds is 9. The highest BCUT2D eigenvalue weighted by molar-refractivity contribution is 7.48. The molecule has 0 bridgehead atoms. The summed E-state index contributed by atoms with van der Waals surface area (Å²) in [6.45, 7) is 6.44. The van der Waals surface area contributed by atoms with Gasteiger partial charge in [-0.3, -0.25) is 0 Å². The first-order chi connectivity index (χ1) is 14.1. The molecule has 29 heavy (non-hydrogen) atoms. The summed E-state index contributed by atoms with van der Waals surface area (Å²) in [4.78, 5) is 0. The molecule has 3 aliphatic carbocycles. The number of phosphoric ester groups is 1. The maximum atomic E-state index is 14.0. The van der Waals surface area contributed by atoms with E-state index >= 15 is 0 Å². The summed E-state index contributed by atoms with van der Waals surface area (Å²) in [5, 5.41) is 0. The van der Waals surface area contributed by atoms with E-state index in [-0.39, 0.29) is 0 Å². The van der Waals surface area contributed by atoms with Gasteiger partial charge in [0.05, 0.1) is 0 Å². The van der Waals surface area contributed by atoms with Gasteiger partial charge in [-0.2, -0.15) is 4.57 Å². The monoisotopic (exact) mass is 422 g/mol. The predicted octanol–water partition coefficient (Wildman–Crippen LogP) is 8.86. The minimum atomic E-state index is -3.75. The molecular formula is C24H39O4P. The molecule has 0 aromatic carbocycles. The van der Waals surface area contributed by atoms with Crippen molar-refractivity contribution in [1.29, 1.82) is 0 Å². The van der Waals surface area contributed by atoms with Crippen LogP contribution >= 0.6 is 7.82 Å². The van der Waals surface area contributed by atoms with Gasteiger partial charge < -0.3 is 13.6 Å². The molecule has 0 amide bonds. The van der Waals surface area contributed by atoms with Crippen molar-refractivity contribution in [3.8, 4) is 0 Å². The summed E-state index contributed by atoms with van der Waals surface area (Å²) >= 11 is 0. The second-order valence-corrected chi connectivity index (χ2v) is 9.93. The van der Waals surface area contributed by atoms with Gasteiger partial charge in [0.25, 0.3) is 0 Å². The van der Waals surface area contributed by atoms with Gasteiger partial charge in [0.15, 0.2) is 0 Å². The van der Waals surface area contributed by atoms with Crippen LogP contribution in [0.5, 0.6) is 0 Å². The van der Waals surface area contributed by atoms with E-state index in [0.717, 1.165) is 94.3 Å². The van der Waals surface area contributed by atoms with E-state index < -0.39 is 7.82 Å². The van der Waals surface area contributed by atoms with Gasteiger partial charge in [0.1, 0.15) is 17.3 Å². The molecule has 3 aliphatic rings. The van der Waals surface area contributed by atoms with Crippen LogP contribution in [0.2, 0.25) is 0 Å². The number of hydrogen-bond acceptors (Lipinski definition) is 4. The normalized spacial score (nSPS) is 21.5. The molecule has 0 atom stereocenters. The SMILES string of the molecule is CCC1=C(OP(=O)(OC2=C(CC)CCCC2)OC2=C(CC)CCCC2)CCCC1. The average molecular weight is 423 g/mol. The Labute approximate surface area is 177 Å². The molecule has 0 saturated heterocycles. The van der Waals surface area contributed by atoms with Gasteiger partial charge in [-0.05, 0) is 93.8 Å². The Kier molecular flexibility index (Phi) is 8.35. The summed E-state index contributed by atoms with van der Waals surface area (Å²) in [5.74, 6) is 2.56. The topological polar surface area (TPSA) is 44.8 Å². The quantitative estimate of drug-likeness (QED) is 0.348. The van der Waals surface area contributed by atoms with Crippen molar-refractivity contribution in [2.45, 2.75) is 117 Å². The molecule has 3 rings (SSSR count). The zero-order valence-electron chi connectivity index (χ0n) is 18.7. The molecule has 0 spiro atoms. The summed E-state index contributed by atoms with van der Waals surface area (Å²) in [7, 11) is -3.75. The molecule has 0 N–H and O–H groups in total. The molecule has 0 radical (unpaired) electrons. The van der Waals surface area contributed by atoms with Crippen molar-refractivity contribution in [2.24, 2.45) is 0 Å².